The number of rotatable bonds is 9. The Bertz CT molecular complexity index is 399. The van der Waals surface area contributed by atoms with Crippen molar-refractivity contribution in [2.24, 2.45) is 0 Å². The van der Waals surface area contributed by atoms with E-state index in [1.807, 2.05) is 37.3 Å². The SMILES string of the molecule is CCNC(CCSCCO)(C(=O)OC)c1ccccc1. The third-order valence-electron chi connectivity index (χ3n) is 3.14. The molecular weight excluding hydrogens is 274 g/mol. The zero-order valence-corrected chi connectivity index (χ0v) is 12.9. The first-order chi connectivity index (χ1) is 9.71. The second-order valence-corrected chi connectivity index (χ2v) is 5.60. The van der Waals surface area contributed by atoms with E-state index in [1.54, 1.807) is 11.8 Å². The second kappa shape index (κ2) is 9.00. The standard InChI is InChI=1S/C15H23NO3S/c1-3-16-15(14(18)19-2,9-11-20-12-10-17)13-7-5-4-6-8-13/h4-8,16-17H,3,9-12H2,1-2H3. The molecule has 0 heterocycles. The lowest BCUT2D eigenvalue weighted by Crippen LogP contribution is -2.50. The normalized spacial score (nSPS) is 13.8. The molecule has 4 nitrogen and oxygen atoms in total. The molecule has 1 aromatic rings. The van der Waals surface area contributed by atoms with E-state index >= 15 is 0 Å². The minimum absolute atomic E-state index is 0.155. The fraction of sp³-hybridized carbons (Fsp3) is 0.533. The topological polar surface area (TPSA) is 58.6 Å². The third-order valence-corrected chi connectivity index (χ3v) is 4.10. The summed E-state index contributed by atoms with van der Waals surface area (Å²) in [5.41, 5.74) is 0.103. The van der Waals surface area contributed by atoms with E-state index in [0.717, 1.165) is 11.3 Å². The molecule has 0 radical (unpaired) electrons. The van der Waals surface area contributed by atoms with Crippen LogP contribution >= 0.6 is 11.8 Å². The molecular formula is C15H23NO3S. The van der Waals surface area contributed by atoms with Crippen molar-refractivity contribution in [1.82, 2.24) is 5.32 Å². The van der Waals surface area contributed by atoms with Crippen LogP contribution in [-0.2, 0) is 15.1 Å². The van der Waals surface area contributed by atoms with Crippen LogP contribution in [-0.4, -0.2) is 42.8 Å². The van der Waals surface area contributed by atoms with E-state index in [4.69, 9.17) is 9.84 Å². The van der Waals surface area contributed by atoms with Gasteiger partial charge in [-0.1, -0.05) is 37.3 Å². The molecule has 0 aliphatic carbocycles. The molecule has 1 atom stereocenters. The van der Waals surface area contributed by atoms with Gasteiger partial charge in [0.05, 0.1) is 13.7 Å². The summed E-state index contributed by atoms with van der Waals surface area (Å²) < 4.78 is 5.02. The van der Waals surface area contributed by atoms with Crippen LogP contribution in [0.3, 0.4) is 0 Å². The molecule has 0 aliphatic heterocycles. The number of hydrogen-bond acceptors (Lipinski definition) is 5. The number of hydrogen-bond donors (Lipinski definition) is 2. The summed E-state index contributed by atoms with van der Waals surface area (Å²) in [6.07, 6.45) is 0.627. The van der Waals surface area contributed by atoms with E-state index in [9.17, 15) is 4.79 Å². The molecule has 1 unspecified atom stereocenters. The van der Waals surface area contributed by atoms with Crippen molar-refractivity contribution in [3.8, 4) is 0 Å². The lowest BCUT2D eigenvalue weighted by atomic mass is 9.87. The number of thioether (sulfide) groups is 1. The lowest BCUT2D eigenvalue weighted by Gasteiger charge is -2.32. The average Bonchev–Trinajstić information content (AvgIpc) is 2.50. The van der Waals surface area contributed by atoms with Gasteiger partial charge < -0.3 is 9.84 Å². The van der Waals surface area contributed by atoms with Gasteiger partial charge in [-0.05, 0) is 24.3 Å². The van der Waals surface area contributed by atoms with E-state index in [0.29, 0.717) is 18.7 Å². The minimum atomic E-state index is -0.812. The third kappa shape index (κ3) is 4.23. The highest BCUT2D eigenvalue weighted by Crippen LogP contribution is 2.28. The van der Waals surface area contributed by atoms with Crippen molar-refractivity contribution in [2.45, 2.75) is 18.9 Å². The zero-order valence-electron chi connectivity index (χ0n) is 12.1. The maximum absolute atomic E-state index is 12.3. The number of nitrogens with one attached hydrogen (secondary N) is 1. The molecule has 20 heavy (non-hydrogen) atoms. The first-order valence-electron chi connectivity index (χ1n) is 6.78. The molecule has 0 aliphatic rings. The van der Waals surface area contributed by atoms with Crippen LogP contribution in [0.5, 0.6) is 0 Å². The van der Waals surface area contributed by atoms with E-state index in [1.165, 1.54) is 7.11 Å². The Morgan fingerprint density at radius 2 is 2.05 bits per heavy atom. The van der Waals surface area contributed by atoms with Crippen molar-refractivity contribution >= 4 is 17.7 Å². The molecule has 0 amide bonds. The molecule has 0 saturated heterocycles. The monoisotopic (exact) mass is 297 g/mol. The highest BCUT2D eigenvalue weighted by Gasteiger charge is 2.40. The van der Waals surface area contributed by atoms with Gasteiger partial charge in [0.25, 0.3) is 0 Å². The van der Waals surface area contributed by atoms with Crippen molar-refractivity contribution in [3.63, 3.8) is 0 Å². The molecule has 0 bridgehead atoms. The van der Waals surface area contributed by atoms with Crippen molar-refractivity contribution in [1.29, 1.82) is 0 Å². The Kier molecular flexibility index (Phi) is 7.65. The summed E-state index contributed by atoms with van der Waals surface area (Å²) in [6, 6.07) is 9.65. The maximum Gasteiger partial charge on any atom is 0.330 e. The molecule has 0 aromatic heterocycles. The number of ether oxygens (including phenoxy) is 1. The van der Waals surface area contributed by atoms with Gasteiger partial charge in [0.15, 0.2) is 0 Å². The average molecular weight is 297 g/mol. The smallest absolute Gasteiger partial charge is 0.330 e. The van der Waals surface area contributed by atoms with Gasteiger partial charge in [-0.3, -0.25) is 5.32 Å². The summed E-state index contributed by atoms with van der Waals surface area (Å²) in [5, 5.41) is 12.1. The number of methoxy groups -OCH3 is 1. The number of esters is 1. The van der Waals surface area contributed by atoms with E-state index < -0.39 is 5.54 Å². The van der Waals surface area contributed by atoms with Crippen molar-refractivity contribution in [3.05, 3.63) is 35.9 Å². The first kappa shape index (κ1) is 17.0. The molecule has 0 spiro atoms. The largest absolute Gasteiger partial charge is 0.467 e. The Morgan fingerprint density at radius 3 is 2.60 bits per heavy atom. The fourth-order valence-electron chi connectivity index (χ4n) is 2.22. The number of benzene rings is 1. The lowest BCUT2D eigenvalue weighted by molar-refractivity contribution is -0.149. The molecule has 1 aromatic carbocycles. The number of aliphatic hydroxyl groups is 1. The first-order valence-corrected chi connectivity index (χ1v) is 7.94. The fourth-order valence-corrected chi connectivity index (χ4v) is 3.00. The molecule has 0 saturated carbocycles. The van der Waals surface area contributed by atoms with Gasteiger partial charge in [0.2, 0.25) is 0 Å². The van der Waals surface area contributed by atoms with Crippen LogP contribution in [0.25, 0.3) is 0 Å². The molecule has 5 heteroatoms. The second-order valence-electron chi connectivity index (χ2n) is 4.38. The van der Waals surface area contributed by atoms with E-state index in [2.05, 4.69) is 5.32 Å². The highest BCUT2D eigenvalue weighted by atomic mass is 32.2. The Balaban J connectivity index is 2.98. The van der Waals surface area contributed by atoms with Crippen molar-refractivity contribution in [2.75, 3.05) is 31.8 Å². The minimum Gasteiger partial charge on any atom is -0.467 e. The van der Waals surface area contributed by atoms with Gasteiger partial charge in [0.1, 0.15) is 5.54 Å². The summed E-state index contributed by atoms with van der Waals surface area (Å²) in [7, 11) is 1.41. The quantitative estimate of drug-likeness (QED) is 0.537. The predicted molar refractivity (Wildman–Crippen MR) is 82.8 cm³/mol. The van der Waals surface area contributed by atoms with Crippen LogP contribution in [0.4, 0.5) is 0 Å². The summed E-state index contributed by atoms with van der Waals surface area (Å²) >= 11 is 1.63. The van der Waals surface area contributed by atoms with Gasteiger partial charge in [0, 0.05) is 5.75 Å². The highest BCUT2D eigenvalue weighted by molar-refractivity contribution is 7.99. The Hall–Kier alpha value is -1.04. The number of aliphatic hydroxyl groups excluding tert-OH is 1. The number of carbonyl (C=O) groups is 1. The molecule has 1 rings (SSSR count). The maximum atomic E-state index is 12.3. The van der Waals surface area contributed by atoms with Crippen LogP contribution < -0.4 is 5.32 Å². The number of likely N-dealkylation sites (N-methyl/N-ethyl adjacent to an activating group) is 1. The van der Waals surface area contributed by atoms with Gasteiger partial charge >= 0.3 is 5.97 Å². The summed E-state index contributed by atoms with van der Waals surface area (Å²) in [4.78, 5) is 12.3. The molecule has 112 valence electrons. The molecule has 2 N–H and O–H groups in total. The van der Waals surface area contributed by atoms with Gasteiger partial charge in [-0.15, -0.1) is 0 Å². The van der Waals surface area contributed by atoms with Gasteiger partial charge in [-0.25, -0.2) is 4.79 Å². The number of carbonyl (C=O) groups excluding carboxylic acids is 1. The Morgan fingerprint density at radius 1 is 1.35 bits per heavy atom. The van der Waals surface area contributed by atoms with E-state index in [-0.39, 0.29) is 12.6 Å². The van der Waals surface area contributed by atoms with Gasteiger partial charge in [-0.2, -0.15) is 11.8 Å². The Labute approximate surface area is 124 Å². The molecule has 0 fully saturated rings. The summed E-state index contributed by atoms with van der Waals surface area (Å²) in [6.45, 7) is 2.80. The van der Waals surface area contributed by atoms with Crippen LogP contribution in [0, 0.1) is 0 Å². The van der Waals surface area contributed by atoms with Crippen molar-refractivity contribution < 1.29 is 14.6 Å². The zero-order chi connectivity index (χ0) is 14.8. The summed E-state index contributed by atoms with van der Waals surface area (Å²) in [5.74, 6) is 1.19. The van der Waals surface area contributed by atoms with Crippen LogP contribution in [0.1, 0.15) is 18.9 Å². The van der Waals surface area contributed by atoms with Crippen LogP contribution in [0.15, 0.2) is 30.3 Å². The van der Waals surface area contributed by atoms with Crippen LogP contribution in [0.2, 0.25) is 0 Å². The predicted octanol–water partition coefficient (Wildman–Crippen LogP) is 1.78.